The minimum atomic E-state index is 0.459. The lowest BCUT2D eigenvalue weighted by Gasteiger charge is -2.08. The summed E-state index contributed by atoms with van der Waals surface area (Å²) in [5.74, 6) is 1.23. The number of nitrogen functional groups attached to an aromatic ring is 1. The molecule has 20 heavy (non-hydrogen) atoms. The summed E-state index contributed by atoms with van der Waals surface area (Å²) in [5.41, 5.74) is 8.72. The van der Waals surface area contributed by atoms with Gasteiger partial charge in [0.1, 0.15) is 18.0 Å². The molecule has 3 aromatic rings. The van der Waals surface area contributed by atoms with Gasteiger partial charge in [0.15, 0.2) is 5.65 Å². The number of benzene rings is 1. The van der Waals surface area contributed by atoms with Gasteiger partial charge in [0, 0.05) is 6.54 Å². The third kappa shape index (κ3) is 2.51. The number of anilines is 2. The van der Waals surface area contributed by atoms with Crippen LogP contribution in [0.15, 0.2) is 42.7 Å². The fourth-order valence-electron chi connectivity index (χ4n) is 2.11. The molecule has 0 amide bonds. The maximum absolute atomic E-state index is 5.66. The molecule has 0 radical (unpaired) electrons. The van der Waals surface area contributed by atoms with E-state index in [0.29, 0.717) is 18.0 Å². The van der Waals surface area contributed by atoms with Crippen LogP contribution in [0.25, 0.3) is 11.0 Å². The molecular formula is C15H15N5. The first-order chi connectivity index (χ1) is 9.72. The van der Waals surface area contributed by atoms with E-state index in [1.807, 2.05) is 12.1 Å². The number of nitrogens with two attached hydrogens (primary N) is 1. The summed E-state index contributed by atoms with van der Waals surface area (Å²) in [6.45, 7) is 2.79. The number of hydrogen-bond acceptors (Lipinski definition) is 5. The number of fused-ring (bicyclic) bond motifs is 1. The van der Waals surface area contributed by atoms with Gasteiger partial charge in [-0.1, -0.05) is 29.8 Å². The Bertz CT molecular complexity index is 754. The minimum absolute atomic E-state index is 0.459. The molecule has 0 bridgehead atoms. The van der Waals surface area contributed by atoms with Crippen LogP contribution in [0.4, 0.5) is 11.6 Å². The van der Waals surface area contributed by atoms with Gasteiger partial charge in [-0.25, -0.2) is 15.0 Å². The highest BCUT2D eigenvalue weighted by molar-refractivity contribution is 5.86. The highest BCUT2D eigenvalue weighted by Crippen LogP contribution is 2.19. The van der Waals surface area contributed by atoms with Crippen molar-refractivity contribution in [1.29, 1.82) is 0 Å². The molecule has 0 unspecified atom stereocenters. The molecular weight excluding hydrogens is 250 g/mol. The zero-order valence-electron chi connectivity index (χ0n) is 11.2. The molecule has 2 aromatic heterocycles. The van der Waals surface area contributed by atoms with Gasteiger partial charge in [-0.3, -0.25) is 0 Å². The van der Waals surface area contributed by atoms with E-state index in [1.165, 1.54) is 17.5 Å². The molecule has 0 spiro atoms. The lowest BCUT2D eigenvalue weighted by molar-refractivity contribution is 1.09. The molecule has 0 aliphatic rings. The lowest BCUT2D eigenvalue weighted by atomic mass is 10.1. The number of aromatic nitrogens is 3. The highest BCUT2D eigenvalue weighted by atomic mass is 15.0. The molecule has 5 heteroatoms. The van der Waals surface area contributed by atoms with Crippen molar-refractivity contribution in [2.75, 3.05) is 11.1 Å². The van der Waals surface area contributed by atoms with Gasteiger partial charge in [0.25, 0.3) is 0 Å². The summed E-state index contributed by atoms with van der Waals surface area (Å²) in [5, 5.41) is 4.19. The molecule has 100 valence electrons. The first kappa shape index (κ1) is 12.3. The van der Waals surface area contributed by atoms with Gasteiger partial charge >= 0.3 is 0 Å². The van der Waals surface area contributed by atoms with Gasteiger partial charge in [-0.2, -0.15) is 0 Å². The SMILES string of the molecule is Cc1cccc(CNc2ncnc3nc(N)ccc23)c1. The molecule has 0 atom stereocenters. The normalized spacial score (nSPS) is 10.7. The van der Waals surface area contributed by atoms with Crippen molar-refractivity contribution in [3.63, 3.8) is 0 Å². The smallest absolute Gasteiger partial charge is 0.166 e. The lowest BCUT2D eigenvalue weighted by Crippen LogP contribution is -2.03. The number of nitrogens with zero attached hydrogens (tertiary/aromatic N) is 3. The molecule has 2 heterocycles. The predicted octanol–water partition coefficient (Wildman–Crippen LogP) is 2.53. The number of aryl methyl sites for hydroxylation is 1. The standard InChI is InChI=1S/C15H15N5/c1-10-3-2-4-11(7-10)8-17-14-12-5-6-13(16)20-15(12)19-9-18-14/h2-7,9H,8H2,1H3,(H3,16,17,18,19,20). The van der Waals surface area contributed by atoms with Crippen molar-refractivity contribution in [2.24, 2.45) is 0 Å². The van der Waals surface area contributed by atoms with Crippen LogP contribution in [0.3, 0.4) is 0 Å². The second-order valence-corrected chi connectivity index (χ2v) is 4.67. The molecule has 3 N–H and O–H groups in total. The van der Waals surface area contributed by atoms with Crippen LogP contribution in [-0.4, -0.2) is 15.0 Å². The van der Waals surface area contributed by atoms with Crippen LogP contribution in [0.5, 0.6) is 0 Å². The first-order valence-corrected chi connectivity index (χ1v) is 6.39. The van der Waals surface area contributed by atoms with E-state index in [0.717, 1.165) is 11.2 Å². The van der Waals surface area contributed by atoms with Crippen molar-refractivity contribution in [3.8, 4) is 0 Å². The van der Waals surface area contributed by atoms with Crippen molar-refractivity contribution >= 4 is 22.7 Å². The summed E-state index contributed by atoms with van der Waals surface area (Å²) in [4.78, 5) is 12.6. The topological polar surface area (TPSA) is 76.7 Å². The second-order valence-electron chi connectivity index (χ2n) is 4.67. The quantitative estimate of drug-likeness (QED) is 0.761. The Morgan fingerprint density at radius 3 is 2.90 bits per heavy atom. The second kappa shape index (κ2) is 5.13. The summed E-state index contributed by atoms with van der Waals surface area (Å²) >= 11 is 0. The van der Waals surface area contributed by atoms with E-state index < -0.39 is 0 Å². The average molecular weight is 265 g/mol. The number of hydrogen-bond donors (Lipinski definition) is 2. The van der Waals surface area contributed by atoms with E-state index in [9.17, 15) is 0 Å². The Kier molecular flexibility index (Phi) is 3.16. The number of pyridine rings is 1. The maximum Gasteiger partial charge on any atom is 0.166 e. The molecule has 0 saturated heterocycles. The van der Waals surface area contributed by atoms with E-state index in [4.69, 9.17) is 5.73 Å². The average Bonchev–Trinajstić information content (AvgIpc) is 2.44. The molecule has 0 saturated carbocycles. The van der Waals surface area contributed by atoms with E-state index in [1.54, 1.807) is 6.07 Å². The Hall–Kier alpha value is -2.69. The third-order valence-corrected chi connectivity index (χ3v) is 3.06. The summed E-state index contributed by atoms with van der Waals surface area (Å²) in [6, 6.07) is 12.0. The molecule has 1 aromatic carbocycles. The van der Waals surface area contributed by atoms with Crippen molar-refractivity contribution in [2.45, 2.75) is 13.5 Å². The molecule has 0 fully saturated rings. The van der Waals surface area contributed by atoms with E-state index in [2.05, 4.69) is 45.4 Å². The fraction of sp³-hybridized carbons (Fsp3) is 0.133. The van der Waals surface area contributed by atoms with Gasteiger partial charge in [-0.15, -0.1) is 0 Å². The highest BCUT2D eigenvalue weighted by Gasteiger charge is 2.04. The van der Waals surface area contributed by atoms with Gasteiger partial charge in [-0.05, 0) is 24.6 Å². The monoisotopic (exact) mass is 265 g/mol. The van der Waals surface area contributed by atoms with Crippen LogP contribution in [-0.2, 0) is 6.54 Å². The van der Waals surface area contributed by atoms with E-state index in [-0.39, 0.29) is 0 Å². The van der Waals surface area contributed by atoms with Crippen molar-refractivity contribution in [1.82, 2.24) is 15.0 Å². The van der Waals surface area contributed by atoms with Crippen LogP contribution in [0, 0.1) is 6.92 Å². The molecule has 5 nitrogen and oxygen atoms in total. The van der Waals surface area contributed by atoms with Crippen molar-refractivity contribution in [3.05, 3.63) is 53.9 Å². The number of rotatable bonds is 3. The zero-order valence-corrected chi connectivity index (χ0v) is 11.2. The Morgan fingerprint density at radius 2 is 2.05 bits per heavy atom. The fourth-order valence-corrected chi connectivity index (χ4v) is 2.11. The van der Waals surface area contributed by atoms with Gasteiger partial charge < -0.3 is 11.1 Å². The maximum atomic E-state index is 5.66. The predicted molar refractivity (Wildman–Crippen MR) is 80.3 cm³/mol. The number of nitrogens with one attached hydrogen (secondary N) is 1. The Labute approximate surface area is 116 Å². The van der Waals surface area contributed by atoms with Crippen molar-refractivity contribution < 1.29 is 0 Å². The Balaban J connectivity index is 1.87. The third-order valence-electron chi connectivity index (χ3n) is 3.06. The molecule has 0 aliphatic heterocycles. The van der Waals surface area contributed by atoms with Crippen LogP contribution in [0.1, 0.15) is 11.1 Å². The minimum Gasteiger partial charge on any atom is -0.384 e. The Morgan fingerprint density at radius 1 is 1.15 bits per heavy atom. The summed E-state index contributed by atoms with van der Waals surface area (Å²) in [6.07, 6.45) is 1.49. The zero-order chi connectivity index (χ0) is 13.9. The van der Waals surface area contributed by atoms with Gasteiger partial charge in [0.05, 0.1) is 5.39 Å². The van der Waals surface area contributed by atoms with E-state index >= 15 is 0 Å². The van der Waals surface area contributed by atoms with Crippen LogP contribution >= 0.6 is 0 Å². The largest absolute Gasteiger partial charge is 0.384 e. The molecule has 0 aliphatic carbocycles. The van der Waals surface area contributed by atoms with Crippen LogP contribution in [0.2, 0.25) is 0 Å². The first-order valence-electron chi connectivity index (χ1n) is 6.39. The van der Waals surface area contributed by atoms with Crippen LogP contribution < -0.4 is 11.1 Å². The molecule has 3 rings (SSSR count). The summed E-state index contributed by atoms with van der Waals surface area (Å²) in [7, 11) is 0. The van der Waals surface area contributed by atoms with Gasteiger partial charge in [0.2, 0.25) is 0 Å². The summed E-state index contributed by atoms with van der Waals surface area (Å²) < 4.78 is 0.